The molecule has 0 saturated carbocycles. The van der Waals surface area contributed by atoms with Crippen molar-refractivity contribution in [3.63, 3.8) is 0 Å². The summed E-state index contributed by atoms with van der Waals surface area (Å²) in [5.41, 5.74) is 3.67. The largest absolute Gasteiger partial charge is 0.454 e. The zero-order valence-electron chi connectivity index (χ0n) is 14.3. The summed E-state index contributed by atoms with van der Waals surface area (Å²) < 4.78 is 10.9. The molecular formula is C20H24O4. The van der Waals surface area contributed by atoms with Crippen molar-refractivity contribution in [3.8, 4) is 0 Å². The molecule has 0 aromatic heterocycles. The fourth-order valence-corrected chi connectivity index (χ4v) is 3.57. The van der Waals surface area contributed by atoms with Gasteiger partial charge in [0.1, 0.15) is 12.2 Å². The van der Waals surface area contributed by atoms with Crippen LogP contribution in [-0.4, -0.2) is 24.1 Å². The highest BCUT2D eigenvalue weighted by Crippen LogP contribution is 2.34. The molecule has 0 aromatic carbocycles. The first-order valence-corrected chi connectivity index (χ1v) is 8.58. The van der Waals surface area contributed by atoms with Gasteiger partial charge in [-0.15, -0.1) is 0 Å². The molecule has 1 unspecified atom stereocenters. The first-order valence-electron chi connectivity index (χ1n) is 8.58. The van der Waals surface area contributed by atoms with E-state index in [1.54, 1.807) is 0 Å². The molecule has 0 spiro atoms. The average molecular weight is 328 g/mol. The lowest BCUT2D eigenvalue weighted by molar-refractivity contribution is -0.139. The first kappa shape index (κ1) is 16.7. The van der Waals surface area contributed by atoms with Crippen LogP contribution in [-0.2, 0) is 19.1 Å². The SMILES string of the molecule is C=C1C(=O)O[C@@H]2/C=C(\C)C[C@H]3C=C(CC/C=C(\C)CCC12)C(=O)O3. The van der Waals surface area contributed by atoms with Gasteiger partial charge in [0.25, 0.3) is 0 Å². The van der Waals surface area contributed by atoms with Crippen LogP contribution in [0.5, 0.6) is 0 Å². The molecule has 128 valence electrons. The van der Waals surface area contributed by atoms with E-state index in [2.05, 4.69) is 19.6 Å². The van der Waals surface area contributed by atoms with E-state index < -0.39 is 0 Å². The van der Waals surface area contributed by atoms with Crippen molar-refractivity contribution in [1.82, 2.24) is 0 Å². The van der Waals surface area contributed by atoms with Gasteiger partial charge in [-0.1, -0.05) is 23.8 Å². The lowest BCUT2D eigenvalue weighted by Gasteiger charge is -2.16. The van der Waals surface area contributed by atoms with Crippen LogP contribution in [0.15, 0.2) is 47.1 Å². The van der Waals surface area contributed by atoms with Gasteiger partial charge in [-0.3, -0.25) is 0 Å². The van der Waals surface area contributed by atoms with Crippen LogP contribution >= 0.6 is 0 Å². The summed E-state index contributed by atoms with van der Waals surface area (Å²) in [7, 11) is 0. The van der Waals surface area contributed by atoms with Crippen molar-refractivity contribution >= 4 is 11.9 Å². The summed E-state index contributed by atoms with van der Waals surface area (Å²) in [6.45, 7) is 8.00. The quantitative estimate of drug-likeness (QED) is 0.386. The highest BCUT2D eigenvalue weighted by Gasteiger charge is 2.37. The molecule has 0 radical (unpaired) electrons. The molecule has 4 heteroatoms. The van der Waals surface area contributed by atoms with E-state index in [1.807, 2.05) is 19.1 Å². The van der Waals surface area contributed by atoms with E-state index in [0.29, 0.717) is 12.0 Å². The zero-order chi connectivity index (χ0) is 17.3. The Morgan fingerprint density at radius 2 is 1.83 bits per heavy atom. The van der Waals surface area contributed by atoms with E-state index in [-0.39, 0.29) is 30.1 Å². The minimum atomic E-state index is -0.297. The zero-order valence-corrected chi connectivity index (χ0v) is 14.3. The summed E-state index contributed by atoms with van der Waals surface area (Å²) in [5.74, 6) is -0.474. The van der Waals surface area contributed by atoms with Gasteiger partial charge in [0.05, 0.1) is 0 Å². The second kappa shape index (κ2) is 6.80. The van der Waals surface area contributed by atoms with Crippen molar-refractivity contribution in [3.05, 3.63) is 47.1 Å². The van der Waals surface area contributed by atoms with E-state index in [4.69, 9.17) is 9.47 Å². The fraction of sp³-hybridized carbons (Fsp3) is 0.500. The maximum Gasteiger partial charge on any atom is 0.334 e. The summed E-state index contributed by atoms with van der Waals surface area (Å²) in [6, 6.07) is 0. The van der Waals surface area contributed by atoms with E-state index in [0.717, 1.165) is 36.8 Å². The summed E-state index contributed by atoms with van der Waals surface area (Å²) in [4.78, 5) is 23.8. The molecule has 4 nitrogen and oxygen atoms in total. The van der Waals surface area contributed by atoms with Crippen LogP contribution in [0, 0.1) is 5.92 Å². The highest BCUT2D eigenvalue weighted by atomic mass is 16.6. The molecule has 0 N–H and O–H groups in total. The summed E-state index contributed by atoms with van der Waals surface area (Å²) in [6.07, 6.45) is 9.56. The number of ether oxygens (including phenoxy) is 2. The molecule has 1 fully saturated rings. The molecule has 24 heavy (non-hydrogen) atoms. The Labute approximate surface area is 142 Å². The Morgan fingerprint density at radius 1 is 1.04 bits per heavy atom. The van der Waals surface area contributed by atoms with Gasteiger partial charge in [-0.25, -0.2) is 9.59 Å². The number of hydrogen-bond acceptors (Lipinski definition) is 4. The molecule has 2 heterocycles. The molecular weight excluding hydrogens is 304 g/mol. The molecule has 1 saturated heterocycles. The maximum absolute atomic E-state index is 11.9. The van der Waals surface area contributed by atoms with E-state index in [1.165, 1.54) is 5.57 Å². The second-order valence-corrected chi connectivity index (χ2v) is 6.98. The fourth-order valence-electron chi connectivity index (χ4n) is 3.57. The van der Waals surface area contributed by atoms with Gasteiger partial charge < -0.3 is 9.47 Å². The van der Waals surface area contributed by atoms with Crippen LogP contribution in [0.2, 0.25) is 0 Å². The Morgan fingerprint density at radius 3 is 2.62 bits per heavy atom. The molecule has 3 rings (SSSR count). The Kier molecular flexibility index (Phi) is 4.74. The predicted molar refractivity (Wildman–Crippen MR) is 91.1 cm³/mol. The third-order valence-corrected chi connectivity index (χ3v) is 4.99. The topological polar surface area (TPSA) is 52.6 Å². The lowest BCUT2D eigenvalue weighted by atomic mass is 9.89. The monoisotopic (exact) mass is 328 g/mol. The number of rotatable bonds is 0. The molecule has 0 aromatic rings. The normalized spacial score (nSPS) is 35.7. The summed E-state index contributed by atoms with van der Waals surface area (Å²) in [5, 5.41) is 0. The van der Waals surface area contributed by atoms with Crippen molar-refractivity contribution < 1.29 is 19.1 Å². The first-order chi connectivity index (χ1) is 11.4. The number of allylic oxidation sites excluding steroid dienone is 2. The van der Waals surface area contributed by atoms with Gasteiger partial charge in [0.15, 0.2) is 0 Å². The Bertz CT molecular complexity index is 665. The third-order valence-electron chi connectivity index (χ3n) is 4.99. The summed E-state index contributed by atoms with van der Waals surface area (Å²) >= 11 is 0. The Balaban J connectivity index is 1.86. The van der Waals surface area contributed by atoms with E-state index >= 15 is 0 Å². The van der Waals surface area contributed by atoms with Crippen molar-refractivity contribution in [2.45, 2.75) is 58.2 Å². The number of fused-ring (bicyclic) bond motifs is 2. The van der Waals surface area contributed by atoms with Crippen LogP contribution < -0.4 is 0 Å². The third kappa shape index (κ3) is 3.53. The molecule has 3 atom stereocenters. The van der Waals surface area contributed by atoms with Gasteiger partial charge in [0, 0.05) is 23.5 Å². The maximum atomic E-state index is 11.9. The van der Waals surface area contributed by atoms with Gasteiger partial charge in [0.2, 0.25) is 0 Å². The molecule has 2 bridgehead atoms. The number of hydrogen-bond donors (Lipinski definition) is 0. The molecule has 3 aliphatic rings. The number of carbonyl (C=O) groups is 2. The Hall–Kier alpha value is -2.10. The van der Waals surface area contributed by atoms with Gasteiger partial charge in [-0.05, 0) is 51.7 Å². The molecule has 1 aliphatic carbocycles. The predicted octanol–water partition coefficient (Wildman–Crippen LogP) is 3.79. The van der Waals surface area contributed by atoms with Gasteiger partial charge >= 0.3 is 11.9 Å². The number of carbonyl (C=O) groups excluding carboxylic acids is 2. The lowest BCUT2D eigenvalue weighted by Crippen LogP contribution is -2.16. The second-order valence-electron chi connectivity index (χ2n) is 6.98. The van der Waals surface area contributed by atoms with Crippen LogP contribution in [0.25, 0.3) is 0 Å². The average Bonchev–Trinajstić information content (AvgIpc) is 2.97. The standard InChI is InChI=1S/C20H24O4/c1-12-5-4-6-15-11-16(23-20(15)22)9-13(2)10-18-17(8-7-12)14(3)19(21)24-18/h5,10-11,16-18H,3-4,6-9H2,1-2H3/b12-5+,13-10+/t16-,17?,18+/m0/s1. The van der Waals surface area contributed by atoms with Gasteiger partial charge in [-0.2, -0.15) is 0 Å². The smallest absolute Gasteiger partial charge is 0.334 e. The minimum absolute atomic E-state index is 0.0240. The molecule has 2 aliphatic heterocycles. The van der Waals surface area contributed by atoms with E-state index in [9.17, 15) is 9.59 Å². The van der Waals surface area contributed by atoms with Crippen molar-refractivity contribution in [2.24, 2.45) is 5.92 Å². The van der Waals surface area contributed by atoms with Crippen LogP contribution in [0.3, 0.4) is 0 Å². The number of esters is 2. The highest BCUT2D eigenvalue weighted by molar-refractivity contribution is 5.91. The molecule has 0 amide bonds. The van der Waals surface area contributed by atoms with Crippen molar-refractivity contribution in [2.75, 3.05) is 0 Å². The van der Waals surface area contributed by atoms with Crippen LogP contribution in [0.4, 0.5) is 0 Å². The van der Waals surface area contributed by atoms with Crippen molar-refractivity contribution in [1.29, 1.82) is 0 Å². The minimum Gasteiger partial charge on any atom is -0.454 e. The van der Waals surface area contributed by atoms with Crippen LogP contribution in [0.1, 0.15) is 46.0 Å².